The number of rotatable bonds is 4. The molecule has 18 heavy (non-hydrogen) atoms. The third kappa shape index (κ3) is 4.20. The van der Waals surface area contributed by atoms with Gasteiger partial charge in [0, 0.05) is 6.54 Å². The Hall–Kier alpha value is 0.380. The van der Waals surface area contributed by atoms with Crippen LogP contribution < -0.4 is 4.72 Å². The summed E-state index contributed by atoms with van der Waals surface area (Å²) in [6, 6.07) is 1.46. The summed E-state index contributed by atoms with van der Waals surface area (Å²) in [5.74, 6) is 0.242. The third-order valence-electron chi connectivity index (χ3n) is 2.95. The van der Waals surface area contributed by atoms with Crippen LogP contribution in [0.2, 0.25) is 5.02 Å². The molecule has 0 fully saturated rings. The lowest BCUT2D eigenvalue weighted by atomic mass is 9.82. The second-order valence-electron chi connectivity index (χ2n) is 5.31. The summed E-state index contributed by atoms with van der Waals surface area (Å²) in [6.07, 6.45) is 0. The lowest BCUT2D eigenvalue weighted by Gasteiger charge is -2.27. The Bertz CT molecular complexity index is 500. The summed E-state index contributed by atoms with van der Waals surface area (Å²) < 4.78 is 27.6. The molecule has 1 rings (SSSR count). The minimum absolute atomic E-state index is 0.0657. The highest BCUT2D eigenvalue weighted by molar-refractivity contribution is 9.11. The molecule has 3 nitrogen and oxygen atoms in total. The largest absolute Gasteiger partial charge is 0.250 e. The maximum Gasteiger partial charge on any atom is 0.250 e. The average molecular weight is 375 g/mol. The van der Waals surface area contributed by atoms with Crippen LogP contribution in [0.15, 0.2) is 14.1 Å². The van der Waals surface area contributed by atoms with E-state index in [9.17, 15) is 8.42 Å². The zero-order valence-corrected chi connectivity index (χ0v) is 14.7. The Kier molecular flexibility index (Phi) is 5.29. The van der Waals surface area contributed by atoms with Crippen molar-refractivity contribution in [2.75, 3.05) is 6.54 Å². The minimum atomic E-state index is -3.46. The summed E-state index contributed by atoms with van der Waals surface area (Å²) in [4.78, 5) is 0. The van der Waals surface area contributed by atoms with Gasteiger partial charge in [0.25, 0.3) is 0 Å². The van der Waals surface area contributed by atoms with Crippen LogP contribution in [-0.2, 0) is 10.0 Å². The lowest BCUT2D eigenvalue weighted by molar-refractivity contribution is 0.263. The Morgan fingerprint density at radius 2 is 2.06 bits per heavy atom. The monoisotopic (exact) mass is 373 g/mol. The molecule has 0 amide bonds. The summed E-state index contributed by atoms with van der Waals surface area (Å²) in [6.45, 7) is 8.71. The molecule has 1 unspecified atom stereocenters. The molecule has 1 aromatic heterocycles. The third-order valence-corrected chi connectivity index (χ3v) is 7.32. The zero-order valence-electron chi connectivity index (χ0n) is 10.8. The van der Waals surface area contributed by atoms with E-state index in [4.69, 9.17) is 11.6 Å². The summed E-state index contributed by atoms with van der Waals surface area (Å²) in [5, 5.41) is 0.421. The molecule has 0 aliphatic heterocycles. The molecular weight excluding hydrogens is 358 g/mol. The Morgan fingerprint density at radius 1 is 1.50 bits per heavy atom. The minimum Gasteiger partial charge on any atom is -0.210 e. The van der Waals surface area contributed by atoms with Crippen molar-refractivity contribution in [1.29, 1.82) is 0 Å². The van der Waals surface area contributed by atoms with Crippen LogP contribution in [0.3, 0.4) is 0 Å². The van der Waals surface area contributed by atoms with E-state index in [1.165, 1.54) is 6.07 Å². The molecule has 1 heterocycles. The second kappa shape index (κ2) is 5.79. The Balaban J connectivity index is 2.78. The summed E-state index contributed by atoms with van der Waals surface area (Å²) in [5.41, 5.74) is 0.0657. The van der Waals surface area contributed by atoms with Crippen molar-refractivity contribution in [2.45, 2.75) is 31.9 Å². The fraction of sp³-hybridized carbons (Fsp3) is 0.636. The van der Waals surface area contributed by atoms with Gasteiger partial charge < -0.3 is 0 Å². The van der Waals surface area contributed by atoms with Crippen LogP contribution in [0.25, 0.3) is 0 Å². The Labute approximate surface area is 126 Å². The highest BCUT2D eigenvalue weighted by atomic mass is 79.9. The first-order valence-corrected chi connectivity index (χ1v) is 8.95. The van der Waals surface area contributed by atoms with Crippen LogP contribution in [0.1, 0.15) is 27.7 Å². The van der Waals surface area contributed by atoms with Crippen LogP contribution in [0.4, 0.5) is 0 Å². The first kappa shape index (κ1) is 16.4. The highest BCUT2D eigenvalue weighted by Gasteiger charge is 2.24. The van der Waals surface area contributed by atoms with E-state index in [0.717, 1.165) is 11.3 Å². The van der Waals surface area contributed by atoms with Crippen molar-refractivity contribution < 1.29 is 8.42 Å². The van der Waals surface area contributed by atoms with Gasteiger partial charge in [-0.05, 0) is 33.3 Å². The molecule has 0 radical (unpaired) electrons. The zero-order chi connectivity index (χ0) is 14.1. The maximum atomic E-state index is 12.0. The molecule has 0 aromatic carbocycles. The predicted molar refractivity (Wildman–Crippen MR) is 80.8 cm³/mol. The quantitative estimate of drug-likeness (QED) is 0.861. The second-order valence-corrected chi connectivity index (χ2v) is 10.1. The number of halogens is 2. The highest BCUT2D eigenvalue weighted by Crippen LogP contribution is 2.34. The predicted octanol–water partition coefficient (Wildman–Crippen LogP) is 4.12. The number of sulfonamides is 1. The summed E-state index contributed by atoms with van der Waals surface area (Å²) in [7, 11) is -3.46. The SMILES string of the molecule is CC(CNS(=O)(=O)c1cc(Cl)c(Br)s1)C(C)(C)C. The van der Waals surface area contributed by atoms with Crippen molar-refractivity contribution in [3.8, 4) is 0 Å². The molecule has 0 spiro atoms. The molecule has 104 valence electrons. The van der Waals surface area contributed by atoms with E-state index in [2.05, 4.69) is 41.4 Å². The smallest absolute Gasteiger partial charge is 0.210 e. The molecule has 0 aliphatic carbocycles. The fourth-order valence-electron chi connectivity index (χ4n) is 1.07. The molecule has 0 aliphatic rings. The van der Waals surface area contributed by atoms with Gasteiger partial charge in [-0.1, -0.05) is 39.3 Å². The molecule has 0 bridgehead atoms. The molecule has 0 saturated heterocycles. The number of nitrogens with one attached hydrogen (secondary N) is 1. The van der Waals surface area contributed by atoms with Crippen molar-refractivity contribution >= 4 is 48.9 Å². The standard InChI is InChI=1S/C11H17BrClNO2S2/c1-7(11(2,3)4)6-14-18(15,16)9-5-8(13)10(12)17-9/h5,7,14H,6H2,1-4H3. The molecule has 1 aromatic rings. The normalized spacial score (nSPS) is 14.8. The number of hydrogen-bond acceptors (Lipinski definition) is 3. The van der Waals surface area contributed by atoms with Crippen LogP contribution >= 0.6 is 38.9 Å². The van der Waals surface area contributed by atoms with Crippen molar-refractivity contribution in [2.24, 2.45) is 11.3 Å². The lowest BCUT2D eigenvalue weighted by Crippen LogP contribution is -2.33. The van der Waals surface area contributed by atoms with Gasteiger partial charge in [-0.25, -0.2) is 13.1 Å². The summed E-state index contributed by atoms with van der Waals surface area (Å²) >= 11 is 10.2. The topological polar surface area (TPSA) is 46.2 Å². The van der Waals surface area contributed by atoms with Crippen LogP contribution in [0, 0.1) is 11.3 Å². The van der Waals surface area contributed by atoms with Gasteiger partial charge in [0.2, 0.25) is 10.0 Å². The molecule has 0 saturated carbocycles. The van der Waals surface area contributed by atoms with Gasteiger partial charge in [-0.2, -0.15) is 0 Å². The van der Waals surface area contributed by atoms with Gasteiger partial charge in [0.1, 0.15) is 4.21 Å². The van der Waals surface area contributed by atoms with E-state index < -0.39 is 10.0 Å². The van der Waals surface area contributed by atoms with E-state index in [1.807, 2.05) is 6.92 Å². The van der Waals surface area contributed by atoms with Crippen LogP contribution in [-0.4, -0.2) is 15.0 Å². The van der Waals surface area contributed by atoms with Gasteiger partial charge in [-0.3, -0.25) is 0 Å². The van der Waals surface area contributed by atoms with Crippen molar-refractivity contribution in [1.82, 2.24) is 4.72 Å². The van der Waals surface area contributed by atoms with Crippen molar-refractivity contribution in [3.63, 3.8) is 0 Å². The molecule has 7 heteroatoms. The van der Waals surface area contributed by atoms with E-state index >= 15 is 0 Å². The van der Waals surface area contributed by atoms with Gasteiger partial charge in [0.05, 0.1) is 8.81 Å². The van der Waals surface area contributed by atoms with Gasteiger partial charge >= 0.3 is 0 Å². The van der Waals surface area contributed by atoms with Crippen LogP contribution in [0.5, 0.6) is 0 Å². The molecule has 1 N–H and O–H groups in total. The van der Waals surface area contributed by atoms with E-state index in [1.54, 1.807) is 0 Å². The van der Waals surface area contributed by atoms with Gasteiger partial charge in [0.15, 0.2) is 0 Å². The first-order chi connectivity index (χ1) is 8.04. The van der Waals surface area contributed by atoms with E-state index in [0.29, 0.717) is 15.4 Å². The number of thiophene rings is 1. The average Bonchev–Trinajstić information content (AvgIpc) is 2.55. The van der Waals surface area contributed by atoms with E-state index in [-0.39, 0.29) is 15.5 Å². The molecule has 1 atom stereocenters. The first-order valence-electron chi connectivity index (χ1n) is 5.48. The fourth-order valence-corrected chi connectivity index (χ4v) is 4.64. The van der Waals surface area contributed by atoms with Crippen molar-refractivity contribution in [3.05, 3.63) is 14.9 Å². The van der Waals surface area contributed by atoms with Gasteiger partial charge in [-0.15, -0.1) is 11.3 Å². The Morgan fingerprint density at radius 3 is 2.44 bits per heavy atom. The maximum absolute atomic E-state index is 12.0. The number of hydrogen-bond donors (Lipinski definition) is 1. The molecular formula is C11H17BrClNO2S2.